The molecule has 15 heavy (non-hydrogen) atoms. The van der Waals surface area contributed by atoms with Gasteiger partial charge in [0.05, 0.1) is 11.0 Å². The molecule has 80 valence electrons. The molecule has 3 N–H and O–H groups in total. The van der Waals surface area contributed by atoms with Crippen LogP contribution in [0, 0.1) is 6.92 Å². The predicted octanol–water partition coefficient (Wildman–Crippen LogP) is 2.26. The maximum Gasteiger partial charge on any atom is 0.0897 e. The highest BCUT2D eigenvalue weighted by molar-refractivity contribution is 7.11. The van der Waals surface area contributed by atoms with Gasteiger partial charge < -0.3 is 0 Å². The molecule has 2 heterocycles. The first-order valence-electron chi connectivity index (χ1n) is 4.69. The van der Waals surface area contributed by atoms with Crippen LogP contribution in [0.1, 0.15) is 21.5 Å². The summed E-state index contributed by atoms with van der Waals surface area (Å²) in [5, 5.41) is 5.31. The van der Waals surface area contributed by atoms with Gasteiger partial charge in [0.1, 0.15) is 0 Å². The summed E-state index contributed by atoms with van der Waals surface area (Å²) in [6.45, 7) is 2.01. The monoisotopic (exact) mass is 239 g/mol. The lowest BCUT2D eigenvalue weighted by atomic mass is 10.1. The minimum Gasteiger partial charge on any atom is -0.271 e. The quantitative estimate of drug-likeness (QED) is 0.635. The van der Waals surface area contributed by atoms with E-state index in [0.29, 0.717) is 0 Å². The smallest absolute Gasteiger partial charge is 0.0897 e. The molecule has 5 heteroatoms. The van der Waals surface area contributed by atoms with Crippen molar-refractivity contribution >= 4 is 22.7 Å². The second-order valence-corrected chi connectivity index (χ2v) is 5.38. The van der Waals surface area contributed by atoms with Gasteiger partial charge >= 0.3 is 0 Å². The molecular formula is C10H13N3S2. The third-order valence-electron chi connectivity index (χ3n) is 2.20. The first-order valence-corrected chi connectivity index (χ1v) is 6.45. The largest absolute Gasteiger partial charge is 0.271 e. The maximum absolute atomic E-state index is 5.56. The Morgan fingerprint density at radius 1 is 1.60 bits per heavy atom. The summed E-state index contributed by atoms with van der Waals surface area (Å²) < 4.78 is 0. The molecule has 1 atom stereocenters. The number of hydrogen-bond acceptors (Lipinski definition) is 5. The van der Waals surface area contributed by atoms with Crippen LogP contribution in [0.3, 0.4) is 0 Å². The van der Waals surface area contributed by atoms with E-state index in [1.54, 1.807) is 22.7 Å². The Balaban J connectivity index is 2.11. The molecule has 1 unspecified atom stereocenters. The molecule has 0 aliphatic carbocycles. The molecule has 0 aromatic carbocycles. The maximum atomic E-state index is 5.56. The van der Waals surface area contributed by atoms with Crippen LogP contribution in [0.25, 0.3) is 0 Å². The second-order valence-electron chi connectivity index (χ2n) is 3.34. The van der Waals surface area contributed by atoms with Crippen molar-refractivity contribution in [1.29, 1.82) is 0 Å². The van der Waals surface area contributed by atoms with Crippen molar-refractivity contribution in [3.05, 3.63) is 38.5 Å². The first kappa shape index (κ1) is 10.8. The van der Waals surface area contributed by atoms with Crippen molar-refractivity contribution < 1.29 is 0 Å². The fourth-order valence-electron chi connectivity index (χ4n) is 1.43. The minimum absolute atomic E-state index is 0.172. The summed E-state index contributed by atoms with van der Waals surface area (Å²) in [5.41, 5.74) is 4.16. The Hall–Kier alpha value is -0.750. The van der Waals surface area contributed by atoms with Gasteiger partial charge in [-0.15, -0.1) is 11.3 Å². The molecule has 2 rings (SSSR count). The molecule has 0 aliphatic rings. The first-order chi connectivity index (χ1) is 7.29. The zero-order chi connectivity index (χ0) is 10.7. The summed E-state index contributed by atoms with van der Waals surface area (Å²) in [5.74, 6) is 5.56. The van der Waals surface area contributed by atoms with Gasteiger partial charge in [0, 0.05) is 11.1 Å². The van der Waals surface area contributed by atoms with Gasteiger partial charge in [-0.1, -0.05) is 0 Å². The fraction of sp³-hybridized carbons (Fsp3) is 0.300. The molecule has 0 bridgehead atoms. The normalized spacial score (nSPS) is 12.9. The molecule has 2 aromatic heterocycles. The lowest BCUT2D eigenvalue weighted by Gasteiger charge is -2.12. The van der Waals surface area contributed by atoms with Gasteiger partial charge in [-0.05, 0) is 35.7 Å². The van der Waals surface area contributed by atoms with Crippen molar-refractivity contribution in [2.24, 2.45) is 5.84 Å². The standard InChI is InChI=1S/C10H13N3S2/c1-7-12-5-10(15-7)9(13-11)4-8-2-3-14-6-8/h2-3,5-6,9,13H,4,11H2,1H3. The Morgan fingerprint density at radius 3 is 3.00 bits per heavy atom. The van der Waals surface area contributed by atoms with Crippen LogP contribution < -0.4 is 11.3 Å². The van der Waals surface area contributed by atoms with E-state index < -0.39 is 0 Å². The Bertz CT molecular complexity index is 408. The number of hydrogen-bond donors (Lipinski definition) is 2. The SMILES string of the molecule is Cc1ncc(C(Cc2ccsc2)NN)s1. The highest BCUT2D eigenvalue weighted by Gasteiger charge is 2.13. The van der Waals surface area contributed by atoms with E-state index in [9.17, 15) is 0 Å². The number of aryl methyl sites for hydroxylation is 1. The second kappa shape index (κ2) is 4.85. The number of rotatable bonds is 4. The zero-order valence-corrected chi connectivity index (χ0v) is 10.1. The van der Waals surface area contributed by atoms with Gasteiger partial charge in [0.25, 0.3) is 0 Å². The Kier molecular flexibility index (Phi) is 3.48. The summed E-state index contributed by atoms with van der Waals surface area (Å²) >= 11 is 3.40. The van der Waals surface area contributed by atoms with Crippen LogP contribution in [0.15, 0.2) is 23.0 Å². The molecular weight excluding hydrogens is 226 g/mol. The average molecular weight is 239 g/mol. The molecule has 0 saturated heterocycles. The van der Waals surface area contributed by atoms with E-state index in [1.165, 1.54) is 10.4 Å². The van der Waals surface area contributed by atoms with Crippen molar-refractivity contribution in [3.63, 3.8) is 0 Å². The van der Waals surface area contributed by atoms with E-state index in [-0.39, 0.29) is 6.04 Å². The lowest BCUT2D eigenvalue weighted by Crippen LogP contribution is -2.28. The summed E-state index contributed by atoms with van der Waals surface area (Å²) in [4.78, 5) is 5.44. The lowest BCUT2D eigenvalue weighted by molar-refractivity contribution is 0.560. The van der Waals surface area contributed by atoms with Crippen LogP contribution >= 0.6 is 22.7 Å². The van der Waals surface area contributed by atoms with Gasteiger partial charge in [-0.2, -0.15) is 11.3 Å². The molecule has 0 spiro atoms. The van der Waals surface area contributed by atoms with Crippen LogP contribution in [0.4, 0.5) is 0 Å². The zero-order valence-electron chi connectivity index (χ0n) is 8.43. The number of nitrogens with one attached hydrogen (secondary N) is 1. The van der Waals surface area contributed by atoms with Gasteiger partial charge in [0.2, 0.25) is 0 Å². The molecule has 3 nitrogen and oxygen atoms in total. The van der Waals surface area contributed by atoms with Crippen LogP contribution in [0.5, 0.6) is 0 Å². The number of thiophene rings is 1. The van der Waals surface area contributed by atoms with Crippen LogP contribution in [0.2, 0.25) is 0 Å². The van der Waals surface area contributed by atoms with E-state index >= 15 is 0 Å². The average Bonchev–Trinajstić information content (AvgIpc) is 2.85. The van der Waals surface area contributed by atoms with Gasteiger partial charge in [-0.25, -0.2) is 4.98 Å². The van der Waals surface area contributed by atoms with Gasteiger partial charge in [0.15, 0.2) is 0 Å². The third kappa shape index (κ3) is 2.63. The number of thiazole rings is 1. The van der Waals surface area contributed by atoms with Crippen LogP contribution in [-0.2, 0) is 6.42 Å². The molecule has 0 fully saturated rings. The molecule has 0 amide bonds. The number of nitrogens with two attached hydrogens (primary N) is 1. The minimum atomic E-state index is 0.172. The van der Waals surface area contributed by atoms with Crippen molar-refractivity contribution in [3.8, 4) is 0 Å². The molecule has 0 radical (unpaired) electrons. The van der Waals surface area contributed by atoms with E-state index in [0.717, 1.165) is 11.4 Å². The Labute approximate surface area is 96.9 Å². The fourth-order valence-corrected chi connectivity index (χ4v) is 2.95. The van der Waals surface area contributed by atoms with E-state index in [4.69, 9.17) is 5.84 Å². The third-order valence-corrected chi connectivity index (χ3v) is 3.96. The van der Waals surface area contributed by atoms with E-state index in [1.807, 2.05) is 13.1 Å². The van der Waals surface area contributed by atoms with E-state index in [2.05, 4.69) is 27.2 Å². The number of nitrogens with zero attached hydrogens (tertiary/aromatic N) is 1. The predicted molar refractivity (Wildman–Crippen MR) is 64.9 cm³/mol. The number of aromatic nitrogens is 1. The summed E-state index contributed by atoms with van der Waals surface area (Å²) in [7, 11) is 0. The van der Waals surface area contributed by atoms with Crippen molar-refractivity contribution in [1.82, 2.24) is 10.4 Å². The molecule has 0 aliphatic heterocycles. The Morgan fingerprint density at radius 2 is 2.47 bits per heavy atom. The number of hydrazine groups is 1. The summed E-state index contributed by atoms with van der Waals surface area (Å²) in [6.07, 6.45) is 2.82. The topological polar surface area (TPSA) is 50.9 Å². The molecule has 2 aromatic rings. The molecule has 0 saturated carbocycles. The van der Waals surface area contributed by atoms with Gasteiger partial charge in [-0.3, -0.25) is 11.3 Å². The van der Waals surface area contributed by atoms with Crippen molar-refractivity contribution in [2.75, 3.05) is 0 Å². The van der Waals surface area contributed by atoms with Crippen molar-refractivity contribution in [2.45, 2.75) is 19.4 Å². The highest BCUT2D eigenvalue weighted by atomic mass is 32.1. The summed E-state index contributed by atoms with van der Waals surface area (Å²) in [6, 6.07) is 2.30. The highest BCUT2D eigenvalue weighted by Crippen LogP contribution is 2.23. The van der Waals surface area contributed by atoms with Crippen LogP contribution in [-0.4, -0.2) is 4.98 Å².